The van der Waals surface area contributed by atoms with E-state index in [1.54, 1.807) is 6.07 Å². The highest BCUT2D eigenvalue weighted by atomic mass is 16.2. The van der Waals surface area contributed by atoms with Crippen molar-refractivity contribution in [3.63, 3.8) is 0 Å². The highest BCUT2D eigenvalue weighted by Crippen LogP contribution is 2.33. The fourth-order valence-corrected chi connectivity index (χ4v) is 4.20. The molecule has 0 N–H and O–H groups in total. The first-order valence-corrected chi connectivity index (χ1v) is 10.5. The topological polar surface area (TPSA) is 68.3 Å². The SMILES string of the molecule is CC(=O)C(=O)C(=O)CCC(C(=O)c1cccc2ccccc12)c1cccc2ccccc12. The number of carbonyl (C=O) groups excluding carboxylic acids is 4. The van der Waals surface area contributed by atoms with Crippen LogP contribution in [0.5, 0.6) is 0 Å². The summed E-state index contributed by atoms with van der Waals surface area (Å²) < 4.78 is 0. The van der Waals surface area contributed by atoms with Crippen LogP contribution in [0.3, 0.4) is 0 Å². The Hall–Kier alpha value is -3.92. The molecule has 4 rings (SSSR count). The average molecular weight is 422 g/mol. The largest absolute Gasteiger partial charge is 0.293 e. The predicted molar refractivity (Wildman–Crippen MR) is 125 cm³/mol. The fourth-order valence-electron chi connectivity index (χ4n) is 4.20. The Bertz CT molecular complexity index is 1360. The number of rotatable bonds is 8. The molecule has 4 aromatic rings. The molecule has 0 aliphatic carbocycles. The van der Waals surface area contributed by atoms with Crippen LogP contribution in [-0.4, -0.2) is 23.1 Å². The van der Waals surface area contributed by atoms with Gasteiger partial charge >= 0.3 is 0 Å². The van der Waals surface area contributed by atoms with Gasteiger partial charge in [0.15, 0.2) is 5.78 Å². The molecule has 0 aliphatic heterocycles. The highest BCUT2D eigenvalue weighted by Gasteiger charge is 2.27. The summed E-state index contributed by atoms with van der Waals surface area (Å²) in [7, 11) is 0. The van der Waals surface area contributed by atoms with Gasteiger partial charge in [-0.1, -0.05) is 84.9 Å². The predicted octanol–water partition coefficient (Wildman–Crippen LogP) is 5.47. The van der Waals surface area contributed by atoms with E-state index in [2.05, 4.69) is 0 Å². The molecule has 0 saturated carbocycles. The Labute approximate surface area is 185 Å². The molecule has 4 nitrogen and oxygen atoms in total. The van der Waals surface area contributed by atoms with Crippen LogP contribution in [-0.2, 0) is 14.4 Å². The van der Waals surface area contributed by atoms with Crippen molar-refractivity contribution in [3.05, 3.63) is 96.1 Å². The van der Waals surface area contributed by atoms with Gasteiger partial charge in [0.2, 0.25) is 11.6 Å². The Morgan fingerprint density at radius 3 is 1.94 bits per heavy atom. The molecule has 0 aromatic heterocycles. The van der Waals surface area contributed by atoms with E-state index in [-0.39, 0.29) is 18.6 Å². The van der Waals surface area contributed by atoms with E-state index in [9.17, 15) is 19.2 Å². The number of Topliss-reactive ketones (excluding diaryl/α,β-unsaturated/α-hetero) is 4. The molecule has 4 heteroatoms. The van der Waals surface area contributed by atoms with Gasteiger partial charge in [0.1, 0.15) is 0 Å². The van der Waals surface area contributed by atoms with Crippen LogP contribution < -0.4 is 0 Å². The molecule has 1 unspecified atom stereocenters. The minimum atomic E-state index is -1.01. The third-order valence-electron chi connectivity index (χ3n) is 5.80. The normalized spacial score (nSPS) is 11.9. The quantitative estimate of drug-likeness (QED) is 0.215. The molecule has 0 amide bonds. The van der Waals surface area contributed by atoms with Gasteiger partial charge in [-0.3, -0.25) is 19.2 Å². The number of carbonyl (C=O) groups is 4. The molecule has 0 spiro atoms. The molecule has 158 valence electrons. The van der Waals surface area contributed by atoms with Gasteiger partial charge < -0.3 is 0 Å². The van der Waals surface area contributed by atoms with Gasteiger partial charge in [0, 0.05) is 24.8 Å². The number of benzene rings is 4. The van der Waals surface area contributed by atoms with Gasteiger partial charge in [0.05, 0.1) is 0 Å². The molecule has 4 aromatic carbocycles. The molecule has 0 bridgehead atoms. The third-order valence-corrected chi connectivity index (χ3v) is 5.80. The summed E-state index contributed by atoms with van der Waals surface area (Å²) in [5, 5.41) is 3.72. The molecule has 0 saturated heterocycles. The van der Waals surface area contributed by atoms with Crippen molar-refractivity contribution >= 4 is 44.7 Å². The zero-order valence-corrected chi connectivity index (χ0v) is 17.7. The molecular weight excluding hydrogens is 400 g/mol. The van der Waals surface area contributed by atoms with Crippen LogP contribution in [0.1, 0.15) is 41.6 Å². The van der Waals surface area contributed by atoms with Gasteiger partial charge in [-0.05, 0) is 33.5 Å². The lowest BCUT2D eigenvalue weighted by Crippen LogP contribution is -2.23. The van der Waals surface area contributed by atoms with Gasteiger partial charge in [-0.2, -0.15) is 0 Å². The summed E-state index contributed by atoms with van der Waals surface area (Å²) in [4.78, 5) is 49.3. The maximum absolute atomic E-state index is 13.9. The summed E-state index contributed by atoms with van der Waals surface area (Å²) >= 11 is 0. The Kier molecular flexibility index (Phi) is 6.04. The first-order chi connectivity index (χ1) is 15.5. The van der Waals surface area contributed by atoms with E-state index >= 15 is 0 Å². The van der Waals surface area contributed by atoms with Gasteiger partial charge in [-0.15, -0.1) is 0 Å². The minimum absolute atomic E-state index is 0.110. The first-order valence-electron chi connectivity index (χ1n) is 10.5. The summed E-state index contributed by atoms with van der Waals surface area (Å²) in [6, 6.07) is 26.8. The monoisotopic (exact) mass is 422 g/mol. The number of hydrogen-bond acceptors (Lipinski definition) is 4. The smallest absolute Gasteiger partial charge is 0.263 e. The maximum Gasteiger partial charge on any atom is 0.263 e. The van der Waals surface area contributed by atoms with Gasteiger partial charge in [0.25, 0.3) is 5.78 Å². The van der Waals surface area contributed by atoms with Crippen molar-refractivity contribution in [1.82, 2.24) is 0 Å². The molecule has 0 heterocycles. The summed E-state index contributed by atoms with van der Waals surface area (Å²) in [6.07, 6.45) is -0.0171. The molecule has 1 atom stereocenters. The Balaban J connectivity index is 1.80. The molecule has 0 aliphatic rings. The highest BCUT2D eigenvalue weighted by molar-refractivity contribution is 6.63. The van der Waals surface area contributed by atoms with E-state index in [0.29, 0.717) is 5.56 Å². The summed E-state index contributed by atoms with van der Waals surface area (Å²) in [6.45, 7) is 1.09. The van der Waals surface area contributed by atoms with Crippen LogP contribution in [0.15, 0.2) is 84.9 Å². The number of fused-ring (bicyclic) bond motifs is 2. The maximum atomic E-state index is 13.9. The zero-order chi connectivity index (χ0) is 22.7. The molecule has 32 heavy (non-hydrogen) atoms. The van der Waals surface area contributed by atoms with E-state index in [1.807, 2.05) is 78.9 Å². The summed E-state index contributed by atoms with van der Waals surface area (Å²) in [5.41, 5.74) is 1.38. The van der Waals surface area contributed by atoms with Crippen molar-refractivity contribution < 1.29 is 19.2 Å². The first kappa shape index (κ1) is 21.3. The second-order valence-corrected chi connectivity index (χ2v) is 7.86. The minimum Gasteiger partial charge on any atom is -0.293 e. The molecule has 0 radical (unpaired) electrons. The van der Waals surface area contributed by atoms with E-state index in [4.69, 9.17) is 0 Å². The van der Waals surface area contributed by atoms with E-state index < -0.39 is 23.3 Å². The fraction of sp³-hybridized carbons (Fsp3) is 0.143. The number of hydrogen-bond donors (Lipinski definition) is 0. The van der Waals surface area contributed by atoms with Crippen LogP contribution in [0.25, 0.3) is 21.5 Å². The lowest BCUT2D eigenvalue weighted by molar-refractivity contribution is -0.143. The second kappa shape index (κ2) is 9.06. The van der Waals surface area contributed by atoms with E-state index in [1.165, 1.54) is 0 Å². The third kappa shape index (κ3) is 4.12. The van der Waals surface area contributed by atoms with Crippen LogP contribution in [0.2, 0.25) is 0 Å². The Morgan fingerprint density at radius 2 is 1.25 bits per heavy atom. The average Bonchev–Trinajstić information content (AvgIpc) is 2.83. The lowest BCUT2D eigenvalue weighted by atomic mass is 9.82. The van der Waals surface area contributed by atoms with Crippen LogP contribution >= 0.6 is 0 Å². The standard InChI is InChI=1S/C28H22O4/c1-18(29)27(31)26(30)17-16-25(23-14-6-10-19-8-2-4-12-21(19)23)28(32)24-15-7-11-20-9-3-5-13-22(20)24/h2-15,25H,16-17H2,1H3. The van der Waals surface area contributed by atoms with E-state index in [0.717, 1.165) is 34.0 Å². The van der Waals surface area contributed by atoms with Gasteiger partial charge in [-0.25, -0.2) is 0 Å². The van der Waals surface area contributed by atoms with Crippen LogP contribution in [0.4, 0.5) is 0 Å². The van der Waals surface area contributed by atoms with Crippen molar-refractivity contribution in [2.75, 3.05) is 0 Å². The second-order valence-electron chi connectivity index (χ2n) is 7.86. The molecular formula is C28H22O4. The van der Waals surface area contributed by atoms with Crippen molar-refractivity contribution in [2.45, 2.75) is 25.7 Å². The Morgan fingerprint density at radius 1 is 0.688 bits per heavy atom. The van der Waals surface area contributed by atoms with Crippen molar-refractivity contribution in [1.29, 1.82) is 0 Å². The zero-order valence-electron chi connectivity index (χ0n) is 17.7. The lowest BCUT2D eigenvalue weighted by Gasteiger charge is -2.19. The number of ketones is 4. The summed E-state index contributed by atoms with van der Waals surface area (Å²) in [5.74, 6) is -3.29. The molecule has 0 fully saturated rings. The van der Waals surface area contributed by atoms with Crippen molar-refractivity contribution in [2.24, 2.45) is 0 Å². The van der Waals surface area contributed by atoms with Crippen molar-refractivity contribution in [3.8, 4) is 0 Å². The van der Waals surface area contributed by atoms with Crippen LogP contribution in [0, 0.1) is 0 Å².